The molecule has 0 aromatic heterocycles. The van der Waals surface area contributed by atoms with E-state index in [1.807, 2.05) is 0 Å². The molecule has 2 nitrogen and oxygen atoms in total. The van der Waals surface area contributed by atoms with Gasteiger partial charge in [-0.05, 0) is 0 Å². The molecule has 0 bridgehead atoms. The van der Waals surface area contributed by atoms with E-state index >= 15 is 0 Å². The summed E-state index contributed by atoms with van der Waals surface area (Å²) in [4.78, 5) is 10.9. The summed E-state index contributed by atoms with van der Waals surface area (Å²) in [6.07, 6.45) is -15.3. The Kier molecular flexibility index (Phi) is 5.60. The van der Waals surface area contributed by atoms with E-state index in [1.165, 1.54) is 0 Å². The smallest absolute Gasteiger partial charge is 0.459 e. The van der Waals surface area contributed by atoms with Crippen LogP contribution in [0.1, 0.15) is 5.56 Å². The molecular formula is C12HF15O2. The Bertz CT molecular complexity index is 808. The van der Waals surface area contributed by atoms with Crippen LogP contribution in [0.5, 0.6) is 0 Å². The zero-order chi connectivity index (χ0) is 23.5. The highest BCUT2D eigenvalue weighted by molar-refractivity contribution is 5.85. The molecule has 1 atom stereocenters. The first kappa shape index (κ1) is 24.7. The van der Waals surface area contributed by atoms with Crippen LogP contribution in [0, 0.1) is 29.1 Å². The molecule has 1 aromatic carbocycles. The van der Waals surface area contributed by atoms with Crippen LogP contribution in [-0.2, 0) is 10.2 Å². The Morgan fingerprint density at radius 1 is 0.552 bits per heavy atom. The number of rotatable bonds is 4. The molecule has 29 heavy (non-hydrogen) atoms. The minimum Gasteiger partial charge on any atom is -0.480 e. The van der Waals surface area contributed by atoms with Crippen LogP contribution in [-0.4, -0.2) is 35.3 Å². The number of aliphatic carboxylic acids is 1. The highest BCUT2D eigenvalue weighted by atomic mass is 19.4. The van der Waals surface area contributed by atoms with Gasteiger partial charge in [0.1, 0.15) is 0 Å². The highest BCUT2D eigenvalue weighted by Crippen LogP contribution is 2.61. The second kappa shape index (κ2) is 6.58. The van der Waals surface area contributed by atoms with Crippen molar-refractivity contribution in [3.8, 4) is 0 Å². The van der Waals surface area contributed by atoms with Gasteiger partial charge in [-0.1, -0.05) is 0 Å². The van der Waals surface area contributed by atoms with Crippen LogP contribution in [0.25, 0.3) is 0 Å². The third kappa shape index (κ3) is 2.95. The number of hydrogen-bond acceptors (Lipinski definition) is 1. The molecule has 1 unspecified atom stereocenters. The fourth-order valence-corrected chi connectivity index (χ4v) is 2.19. The van der Waals surface area contributed by atoms with Gasteiger partial charge in [0.05, 0.1) is 5.56 Å². The van der Waals surface area contributed by atoms with Crippen LogP contribution >= 0.6 is 0 Å². The fourth-order valence-electron chi connectivity index (χ4n) is 2.19. The molecule has 0 saturated heterocycles. The molecule has 1 rings (SSSR count). The summed E-state index contributed by atoms with van der Waals surface area (Å²) in [6, 6.07) is 0. The zero-order valence-corrected chi connectivity index (χ0v) is 12.5. The summed E-state index contributed by atoms with van der Waals surface area (Å²) in [6.45, 7) is 0. The number of alkyl halides is 10. The summed E-state index contributed by atoms with van der Waals surface area (Å²) in [5.74, 6) is -38.9. The van der Waals surface area contributed by atoms with Crippen molar-refractivity contribution in [1.82, 2.24) is 0 Å². The van der Waals surface area contributed by atoms with E-state index in [-0.39, 0.29) is 0 Å². The number of carboxylic acids is 1. The van der Waals surface area contributed by atoms with E-state index in [0.717, 1.165) is 0 Å². The maximum absolute atomic E-state index is 13.9. The molecule has 166 valence electrons. The van der Waals surface area contributed by atoms with Gasteiger partial charge in [-0.15, -0.1) is 0 Å². The van der Waals surface area contributed by atoms with Gasteiger partial charge in [0.15, 0.2) is 23.3 Å². The maximum Gasteiger partial charge on any atom is 0.459 e. The van der Waals surface area contributed by atoms with Gasteiger partial charge in [0.25, 0.3) is 5.41 Å². The van der Waals surface area contributed by atoms with E-state index < -0.39 is 70.2 Å². The Morgan fingerprint density at radius 2 is 0.862 bits per heavy atom. The van der Waals surface area contributed by atoms with Gasteiger partial charge in [0.2, 0.25) is 5.82 Å². The van der Waals surface area contributed by atoms with Gasteiger partial charge in [-0.2, -0.15) is 43.9 Å². The Hall–Kier alpha value is -2.36. The van der Waals surface area contributed by atoms with Crippen molar-refractivity contribution < 1.29 is 75.8 Å². The molecule has 0 aliphatic heterocycles. The Labute approximate surface area is 147 Å². The topological polar surface area (TPSA) is 37.3 Å². The highest BCUT2D eigenvalue weighted by Gasteiger charge is 2.89. The number of hydrogen-bond donors (Lipinski definition) is 1. The van der Waals surface area contributed by atoms with Crippen molar-refractivity contribution in [3.05, 3.63) is 34.6 Å². The van der Waals surface area contributed by atoms with Gasteiger partial charge >= 0.3 is 30.2 Å². The lowest BCUT2D eigenvalue weighted by Gasteiger charge is -2.42. The molecule has 17 heteroatoms. The second-order valence-corrected chi connectivity index (χ2v) is 5.14. The first-order valence-electron chi connectivity index (χ1n) is 6.26. The summed E-state index contributed by atoms with van der Waals surface area (Å²) < 4.78 is 197. The van der Waals surface area contributed by atoms with E-state index in [2.05, 4.69) is 0 Å². The van der Waals surface area contributed by atoms with E-state index in [0.29, 0.717) is 0 Å². The molecular weight excluding hydrogens is 461 g/mol. The van der Waals surface area contributed by atoms with Crippen molar-refractivity contribution in [3.63, 3.8) is 0 Å². The first-order valence-corrected chi connectivity index (χ1v) is 6.26. The second-order valence-electron chi connectivity index (χ2n) is 5.14. The van der Waals surface area contributed by atoms with Crippen LogP contribution in [0.2, 0.25) is 0 Å². The van der Waals surface area contributed by atoms with Crippen LogP contribution in [0.15, 0.2) is 0 Å². The predicted molar refractivity (Wildman–Crippen MR) is 57.5 cm³/mol. The van der Waals surface area contributed by atoms with E-state index in [1.54, 1.807) is 0 Å². The normalized spacial score (nSPS) is 16.0. The van der Waals surface area contributed by atoms with Crippen LogP contribution in [0.3, 0.4) is 0 Å². The number of carboxylic acid groups (broad SMARTS) is 1. The molecule has 0 amide bonds. The van der Waals surface area contributed by atoms with Gasteiger partial charge in [-0.25, -0.2) is 22.0 Å². The first-order chi connectivity index (χ1) is 12.6. The molecule has 0 aliphatic rings. The minimum atomic E-state index is -8.05. The standard InChI is InChI=1S/C12HF15O2/c13-2-1(3(14)5(16)6(17)4(2)15)8(7(28)29,11(22,23)24)9(18,19)10(20,21)12(25,26)27/h(H,28,29). The number of benzene rings is 1. The number of halogens is 15. The lowest BCUT2D eigenvalue weighted by atomic mass is 9.70. The summed E-state index contributed by atoms with van der Waals surface area (Å²) in [5.41, 5.74) is -11.4. The summed E-state index contributed by atoms with van der Waals surface area (Å²) >= 11 is 0. The molecule has 0 heterocycles. The average Bonchev–Trinajstić information content (AvgIpc) is 2.51. The van der Waals surface area contributed by atoms with E-state index in [4.69, 9.17) is 5.11 Å². The molecule has 0 saturated carbocycles. The molecule has 0 aliphatic carbocycles. The minimum absolute atomic E-state index is 3.34. The third-order valence-electron chi connectivity index (χ3n) is 3.55. The summed E-state index contributed by atoms with van der Waals surface area (Å²) in [5, 5.41) is 8.50. The zero-order valence-electron chi connectivity index (χ0n) is 12.5. The largest absolute Gasteiger partial charge is 0.480 e. The quantitative estimate of drug-likeness (QED) is 0.384. The average molecular weight is 462 g/mol. The predicted octanol–water partition coefficient (Wildman–Crippen LogP) is 5.10. The van der Waals surface area contributed by atoms with Crippen molar-refractivity contribution in [2.75, 3.05) is 0 Å². The molecule has 0 radical (unpaired) electrons. The van der Waals surface area contributed by atoms with Gasteiger partial charge in [0, 0.05) is 0 Å². The van der Waals surface area contributed by atoms with Gasteiger partial charge in [-0.3, -0.25) is 4.79 Å². The van der Waals surface area contributed by atoms with Gasteiger partial charge < -0.3 is 5.11 Å². The molecule has 1 N–H and O–H groups in total. The van der Waals surface area contributed by atoms with Crippen molar-refractivity contribution in [1.29, 1.82) is 0 Å². The van der Waals surface area contributed by atoms with E-state index in [9.17, 15) is 70.7 Å². The monoisotopic (exact) mass is 462 g/mol. The lowest BCUT2D eigenvalue weighted by Crippen LogP contribution is -2.71. The Morgan fingerprint density at radius 3 is 1.10 bits per heavy atom. The van der Waals surface area contributed by atoms with Crippen molar-refractivity contribution in [2.45, 2.75) is 29.6 Å². The maximum atomic E-state index is 13.9. The SMILES string of the molecule is O=C(O)C(c1c(F)c(F)c(F)c(F)c1F)(C(F)(F)F)C(F)(F)C(F)(F)C(F)(F)F. The lowest BCUT2D eigenvalue weighted by molar-refractivity contribution is -0.390. The van der Waals surface area contributed by atoms with Crippen molar-refractivity contribution >= 4 is 5.97 Å². The summed E-state index contributed by atoms with van der Waals surface area (Å²) in [7, 11) is 0. The molecule has 0 spiro atoms. The Balaban J connectivity index is 4.41. The van der Waals surface area contributed by atoms with Crippen LogP contribution < -0.4 is 0 Å². The molecule has 1 aromatic rings. The number of carbonyl (C=O) groups is 1. The van der Waals surface area contributed by atoms with Crippen molar-refractivity contribution in [2.24, 2.45) is 0 Å². The third-order valence-corrected chi connectivity index (χ3v) is 3.55. The fraction of sp³-hybridized carbons (Fsp3) is 0.417. The van der Waals surface area contributed by atoms with Crippen LogP contribution in [0.4, 0.5) is 65.9 Å². The molecule has 0 fully saturated rings.